The largest absolute Gasteiger partial charge is 0.478 e. The number of aromatic nitrogens is 1. The van der Waals surface area contributed by atoms with Gasteiger partial charge in [-0.1, -0.05) is 13.3 Å². The molecule has 0 aliphatic heterocycles. The van der Waals surface area contributed by atoms with E-state index in [0.29, 0.717) is 11.3 Å². The molecule has 0 fully saturated rings. The van der Waals surface area contributed by atoms with Crippen molar-refractivity contribution in [3.63, 3.8) is 0 Å². The van der Waals surface area contributed by atoms with Crippen LogP contribution in [0.3, 0.4) is 0 Å². The van der Waals surface area contributed by atoms with E-state index in [2.05, 4.69) is 4.98 Å². The van der Waals surface area contributed by atoms with Crippen LogP contribution in [0.15, 0.2) is 18.3 Å². The molecule has 0 radical (unpaired) electrons. The van der Waals surface area contributed by atoms with Crippen LogP contribution in [0.4, 0.5) is 0 Å². The Balaban J connectivity index is 0. The van der Waals surface area contributed by atoms with Crippen molar-refractivity contribution >= 4 is 30.8 Å². The zero-order valence-corrected chi connectivity index (χ0v) is 9.40. The van der Waals surface area contributed by atoms with Crippen LogP contribution in [0.2, 0.25) is 0 Å². The predicted octanol–water partition coefficient (Wildman–Crippen LogP) is 2.58. The summed E-state index contributed by atoms with van der Waals surface area (Å²) >= 11 is 0. The Morgan fingerprint density at radius 3 is 2.64 bits per heavy atom. The van der Waals surface area contributed by atoms with E-state index in [1.54, 1.807) is 18.3 Å². The second-order valence-corrected chi connectivity index (χ2v) is 2.55. The van der Waals surface area contributed by atoms with Gasteiger partial charge in [0, 0.05) is 6.20 Å². The molecular weight excluding hydrogens is 225 g/mol. The number of nitrogens with zero attached hydrogens (tertiary/aromatic N) is 1. The maximum absolute atomic E-state index is 10.7. The molecular formula is C9H13Cl2NO2. The molecule has 0 amide bonds. The van der Waals surface area contributed by atoms with Crippen molar-refractivity contribution in [1.82, 2.24) is 4.98 Å². The Morgan fingerprint density at radius 2 is 2.14 bits per heavy atom. The van der Waals surface area contributed by atoms with E-state index in [1.807, 2.05) is 6.92 Å². The van der Waals surface area contributed by atoms with E-state index < -0.39 is 5.97 Å². The lowest BCUT2D eigenvalue weighted by Gasteiger charge is -2.01. The van der Waals surface area contributed by atoms with Crippen LogP contribution in [0, 0.1) is 0 Å². The van der Waals surface area contributed by atoms with Gasteiger partial charge in [-0.25, -0.2) is 4.79 Å². The first kappa shape index (κ1) is 15.7. The SMILES string of the molecule is CCCc1ncccc1C(=O)O.Cl.Cl. The van der Waals surface area contributed by atoms with Crippen LogP contribution in [-0.4, -0.2) is 16.1 Å². The minimum atomic E-state index is -0.897. The molecule has 0 saturated carbocycles. The van der Waals surface area contributed by atoms with Gasteiger partial charge in [0.15, 0.2) is 0 Å². The topological polar surface area (TPSA) is 50.2 Å². The summed E-state index contributed by atoms with van der Waals surface area (Å²) in [5.74, 6) is -0.897. The number of carboxylic acids is 1. The fourth-order valence-corrected chi connectivity index (χ4v) is 1.07. The van der Waals surface area contributed by atoms with Crippen molar-refractivity contribution in [2.75, 3.05) is 0 Å². The van der Waals surface area contributed by atoms with E-state index in [0.717, 1.165) is 12.8 Å². The number of aryl methyl sites for hydroxylation is 1. The summed E-state index contributed by atoms with van der Waals surface area (Å²) in [6.45, 7) is 2.00. The number of rotatable bonds is 3. The highest BCUT2D eigenvalue weighted by atomic mass is 35.5. The van der Waals surface area contributed by atoms with Crippen molar-refractivity contribution in [1.29, 1.82) is 0 Å². The predicted molar refractivity (Wildman–Crippen MR) is 59.7 cm³/mol. The van der Waals surface area contributed by atoms with Gasteiger partial charge in [0.05, 0.1) is 11.3 Å². The van der Waals surface area contributed by atoms with Crippen molar-refractivity contribution in [3.8, 4) is 0 Å². The Hall–Kier alpha value is -0.800. The fourth-order valence-electron chi connectivity index (χ4n) is 1.07. The van der Waals surface area contributed by atoms with E-state index >= 15 is 0 Å². The second-order valence-electron chi connectivity index (χ2n) is 2.55. The Kier molecular flexibility index (Phi) is 8.49. The van der Waals surface area contributed by atoms with Crippen molar-refractivity contribution in [3.05, 3.63) is 29.6 Å². The van der Waals surface area contributed by atoms with Gasteiger partial charge in [-0.3, -0.25) is 4.98 Å². The fraction of sp³-hybridized carbons (Fsp3) is 0.333. The maximum Gasteiger partial charge on any atom is 0.337 e. The molecule has 0 aliphatic carbocycles. The maximum atomic E-state index is 10.7. The number of carboxylic acid groups (broad SMARTS) is 1. The summed E-state index contributed by atoms with van der Waals surface area (Å²) in [5, 5.41) is 8.75. The molecule has 1 heterocycles. The van der Waals surface area contributed by atoms with E-state index in [1.165, 1.54) is 0 Å². The number of aromatic carboxylic acids is 1. The van der Waals surface area contributed by atoms with Gasteiger partial charge in [0.2, 0.25) is 0 Å². The van der Waals surface area contributed by atoms with Gasteiger partial charge < -0.3 is 5.11 Å². The number of hydrogen-bond donors (Lipinski definition) is 1. The van der Waals surface area contributed by atoms with Gasteiger partial charge in [-0.2, -0.15) is 0 Å². The van der Waals surface area contributed by atoms with E-state index in [-0.39, 0.29) is 24.8 Å². The van der Waals surface area contributed by atoms with Gasteiger partial charge in [-0.15, -0.1) is 24.8 Å². The Bertz CT molecular complexity index is 292. The highest BCUT2D eigenvalue weighted by Crippen LogP contribution is 2.07. The average Bonchev–Trinajstić information content (AvgIpc) is 2.05. The summed E-state index contributed by atoms with van der Waals surface area (Å²) in [4.78, 5) is 14.7. The van der Waals surface area contributed by atoms with Gasteiger partial charge in [0.25, 0.3) is 0 Å². The number of halogens is 2. The lowest BCUT2D eigenvalue weighted by molar-refractivity contribution is 0.0695. The summed E-state index contributed by atoms with van der Waals surface area (Å²) in [6, 6.07) is 3.23. The number of carbonyl (C=O) groups is 1. The molecule has 0 saturated heterocycles. The molecule has 0 spiro atoms. The molecule has 5 heteroatoms. The smallest absolute Gasteiger partial charge is 0.337 e. The van der Waals surface area contributed by atoms with E-state index in [9.17, 15) is 4.79 Å². The second kappa shape index (κ2) is 7.59. The first-order valence-corrected chi connectivity index (χ1v) is 3.93. The normalized spacial score (nSPS) is 8.36. The molecule has 14 heavy (non-hydrogen) atoms. The molecule has 3 nitrogen and oxygen atoms in total. The third kappa shape index (κ3) is 3.94. The first-order chi connectivity index (χ1) is 5.75. The molecule has 1 aromatic heterocycles. The minimum absolute atomic E-state index is 0. The number of hydrogen-bond acceptors (Lipinski definition) is 2. The van der Waals surface area contributed by atoms with Crippen LogP contribution >= 0.6 is 24.8 Å². The molecule has 0 bridgehead atoms. The van der Waals surface area contributed by atoms with Crippen LogP contribution < -0.4 is 0 Å². The third-order valence-corrected chi connectivity index (χ3v) is 1.61. The van der Waals surface area contributed by atoms with E-state index in [4.69, 9.17) is 5.11 Å². The summed E-state index contributed by atoms with van der Waals surface area (Å²) in [5.41, 5.74) is 0.992. The highest BCUT2D eigenvalue weighted by Gasteiger charge is 2.08. The van der Waals surface area contributed by atoms with Gasteiger partial charge >= 0.3 is 5.97 Å². The Labute approximate surface area is 95.4 Å². The Morgan fingerprint density at radius 1 is 1.50 bits per heavy atom. The summed E-state index contributed by atoms with van der Waals surface area (Å²) in [6.07, 6.45) is 3.26. The van der Waals surface area contributed by atoms with Crippen molar-refractivity contribution in [2.45, 2.75) is 19.8 Å². The summed E-state index contributed by atoms with van der Waals surface area (Å²) in [7, 11) is 0. The van der Waals surface area contributed by atoms with Gasteiger partial charge in [0.1, 0.15) is 0 Å². The minimum Gasteiger partial charge on any atom is -0.478 e. The molecule has 0 unspecified atom stereocenters. The van der Waals surface area contributed by atoms with Crippen LogP contribution in [0.5, 0.6) is 0 Å². The lowest BCUT2D eigenvalue weighted by atomic mass is 10.1. The highest BCUT2D eigenvalue weighted by molar-refractivity contribution is 5.88. The summed E-state index contributed by atoms with van der Waals surface area (Å²) < 4.78 is 0. The van der Waals surface area contributed by atoms with Crippen LogP contribution in [0.25, 0.3) is 0 Å². The van der Waals surface area contributed by atoms with Crippen LogP contribution in [0.1, 0.15) is 29.4 Å². The van der Waals surface area contributed by atoms with Crippen molar-refractivity contribution in [2.24, 2.45) is 0 Å². The van der Waals surface area contributed by atoms with Gasteiger partial charge in [-0.05, 0) is 18.6 Å². The average molecular weight is 238 g/mol. The lowest BCUT2D eigenvalue weighted by Crippen LogP contribution is -2.03. The molecule has 1 aromatic rings. The molecule has 0 atom stereocenters. The zero-order valence-electron chi connectivity index (χ0n) is 7.77. The monoisotopic (exact) mass is 237 g/mol. The van der Waals surface area contributed by atoms with Crippen LogP contribution in [-0.2, 0) is 6.42 Å². The number of pyridine rings is 1. The first-order valence-electron chi connectivity index (χ1n) is 3.93. The van der Waals surface area contributed by atoms with Crippen molar-refractivity contribution < 1.29 is 9.90 Å². The standard InChI is InChI=1S/C9H11NO2.2ClH/c1-2-4-8-7(9(11)12)5-3-6-10-8;;/h3,5-6H,2,4H2,1H3,(H,11,12);2*1H. The quantitative estimate of drug-likeness (QED) is 0.880. The third-order valence-electron chi connectivity index (χ3n) is 1.61. The molecule has 1 rings (SSSR count). The molecule has 0 aromatic carbocycles. The zero-order chi connectivity index (χ0) is 8.97. The molecule has 80 valence electrons. The molecule has 1 N–H and O–H groups in total. The molecule has 0 aliphatic rings.